The lowest BCUT2D eigenvalue weighted by atomic mass is 10.1. The topological polar surface area (TPSA) is 58.1 Å². The van der Waals surface area contributed by atoms with Gasteiger partial charge in [-0.05, 0) is 6.42 Å². The fourth-order valence-electron chi connectivity index (χ4n) is 2.46. The normalized spacial score (nSPS) is 19.7. The summed E-state index contributed by atoms with van der Waals surface area (Å²) < 4.78 is 0. The number of benzene rings is 1. The van der Waals surface area contributed by atoms with E-state index in [9.17, 15) is 4.79 Å². The van der Waals surface area contributed by atoms with Crippen LogP contribution >= 0.6 is 0 Å². The fraction of sp³-hybridized carbons (Fsp3) is 0.357. The number of likely N-dealkylation sites (N-methyl/N-ethyl adjacent to an activating group) is 1. The predicted molar refractivity (Wildman–Crippen MR) is 73.8 cm³/mol. The second kappa shape index (κ2) is 4.84. The molecule has 1 aliphatic rings. The first kappa shape index (κ1) is 11.9. The number of amides is 1. The summed E-state index contributed by atoms with van der Waals surface area (Å²) in [7, 11) is 1.84. The number of carbonyl (C=O) groups is 1. The molecule has 19 heavy (non-hydrogen) atoms. The zero-order chi connectivity index (χ0) is 13.2. The zero-order valence-electron chi connectivity index (χ0n) is 10.8. The maximum Gasteiger partial charge on any atom is 0.222 e. The van der Waals surface area contributed by atoms with Crippen LogP contribution in [0.15, 0.2) is 30.5 Å². The quantitative estimate of drug-likeness (QED) is 0.888. The van der Waals surface area contributed by atoms with Crippen LogP contribution in [-0.2, 0) is 4.79 Å². The molecule has 5 nitrogen and oxygen atoms in total. The van der Waals surface area contributed by atoms with Crippen LogP contribution in [0.25, 0.3) is 10.8 Å². The molecule has 1 amide bonds. The number of nitrogens with one attached hydrogen (secondary N) is 1. The van der Waals surface area contributed by atoms with Crippen molar-refractivity contribution >= 4 is 22.5 Å². The summed E-state index contributed by atoms with van der Waals surface area (Å²) in [6, 6.07) is 8.27. The first-order chi connectivity index (χ1) is 9.24. The summed E-state index contributed by atoms with van der Waals surface area (Å²) in [5.41, 5.74) is 0. The highest BCUT2D eigenvalue weighted by Crippen LogP contribution is 2.22. The maximum atomic E-state index is 11.5. The maximum absolute atomic E-state index is 11.5. The van der Waals surface area contributed by atoms with Crippen LogP contribution < -0.4 is 5.32 Å². The number of carbonyl (C=O) groups excluding carboxylic acids is 1. The fourth-order valence-corrected chi connectivity index (χ4v) is 2.46. The average Bonchev–Trinajstić information content (AvgIpc) is 2.43. The first-order valence-corrected chi connectivity index (χ1v) is 6.45. The summed E-state index contributed by atoms with van der Waals surface area (Å²) in [5, 5.41) is 13.7. The predicted octanol–water partition coefficient (Wildman–Crippen LogP) is 1.66. The molecule has 98 valence electrons. The highest BCUT2D eigenvalue weighted by Gasteiger charge is 2.23. The van der Waals surface area contributed by atoms with E-state index in [-0.39, 0.29) is 11.9 Å². The number of piperidine rings is 1. The number of nitrogens with zero attached hydrogens (tertiary/aromatic N) is 3. The second-order valence-electron chi connectivity index (χ2n) is 4.93. The molecule has 5 heteroatoms. The molecule has 0 spiro atoms. The molecule has 1 aromatic heterocycles. The third kappa shape index (κ3) is 2.36. The Hall–Kier alpha value is -2.17. The van der Waals surface area contributed by atoms with Crippen molar-refractivity contribution in [3.05, 3.63) is 30.5 Å². The minimum atomic E-state index is 0.210. The molecule has 3 rings (SSSR count). The lowest BCUT2D eigenvalue weighted by Crippen LogP contribution is -2.43. The Labute approximate surface area is 111 Å². The monoisotopic (exact) mass is 256 g/mol. The van der Waals surface area contributed by atoms with Crippen LogP contribution in [0.2, 0.25) is 0 Å². The van der Waals surface area contributed by atoms with Gasteiger partial charge in [-0.25, -0.2) is 0 Å². The van der Waals surface area contributed by atoms with Crippen molar-refractivity contribution in [2.24, 2.45) is 0 Å². The minimum Gasteiger partial charge on any atom is -0.364 e. The van der Waals surface area contributed by atoms with Crippen molar-refractivity contribution in [1.29, 1.82) is 0 Å². The molecule has 1 aliphatic heterocycles. The van der Waals surface area contributed by atoms with Gasteiger partial charge in [-0.3, -0.25) is 4.79 Å². The van der Waals surface area contributed by atoms with Gasteiger partial charge < -0.3 is 10.2 Å². The van der Waals surface area contributed by atoms with Gasteiger partial charge in [0, 0.05) is 36.8 Å². The van der Waals surface area contributed by atoms with E-state index in [1.165, 1.54) is 0 Å². The van der Waals surface area contributed by atoms with Crippen molar-refractivity contribution in [2.75, 3.05) is 18.9 Å². The van der Waals surface area contributed by atoms with Crippen LogP contribution in [0.5, 0.6) is 0 Å². The van der Waals surface area contributed by atoms with Crippen LogP contribution in [0.3, 0.4) is 0 Å². The summed E-state index contributed by atoms with van der Waals surface area (Å²) in [6.45, 7) is 0.712. The molecule has 1 fully saturated rings. The smallest absolute Gasteiger partial charge is 0.222 e. The van der Waals surface area contributed by atoms with Gasteiger partial charge in [0.25, 0.3) is 0 Å². The molecule has 1 saturated heterocycles. The Bertz CT molecular complexity index is 608. The third-order valence-corrected chi connectivity index (χ3v) is 3.54. The first-order valence-electron chi connectivity index (χ1n) is 6.45. The standard InChI is InChI=1S/C14H16N4O/c1-18-9-11(6-7-13(18)19)16-14-12-5-3-2-4-10(12)8-15-17-14/h2-5,8,11H,6-7,9H2,1H3,(H,16,17). The van der Waals surface area contributed by atoms with Gasteiger partial charge in [0.2, 0.25) is 5.91 Å². The van der Waals surface area contributed by atoms with Gasteiger partial charge in [0.1, 0.15) is 0 Å². The number of fused-ring (bicyclic) bond motifs is 1. The molecule has 0 bridgehead atoms. The highest BCUT2D eigenvalue weighted by molar-refractivity contribution is 5.91. The van der Waals surface area contributed by atoms with E-state index in [0.717, 1.165) is 23.0 Å². The molecular weight excluding hydrogens is 240 g/mol. The summed E-state index contributed by atoms with van der Waals surface area (Å²) in [4.78, 5) is 13.2. The van der Waals surface area contributed by atoms with Crippen molar-refractivity contribution in [3.8, 4) is 0 Å². The average molecular weight is 256 g/mol. The Morgan fingerprint density at radius 3 is 3.05 bits per heavy atom. The number of hydrogen-bond donors (Lipinski definition) is 1. The van der Waals surface area contributed by atoms with Gasteiger partial charge in [-0.2, -0.15) is 5.10 Å². The Kier molecular flexibility index (Phi) is 3.03. The molecule has 2 aromatic rings. The van der Waals surface area contributed by atoms with Gasteiger partial charge >= 0.3 is 0 Å². The van der Waals surface area contributed by atoms with Crippen LogP contribution in [0.1, 0.15) is 12.8 Å². The Balaban J connectivity index is 1.84. The van der Waals surface area contributed by atoms with Crippen LogP contribution in [0.4, 0.5) is 5.82 Å². The zero-order valence-corrected chi connectivity index (χ0v) is 10.8. The number of aromatic nitrogens is 2. The molecule has 0 aliphatic carbocycles. The molecule has 0 radical (unpaired) electrons. The molecule has 0 saturated carbocycles. The number of likely N-dealkylation sites (tertiary alicyclic amines) is 1. The van der Waals surface area contributed by atoms with E-state index < -0.39 is 0 Å². The molecule has 1 N–H and O–H groups in total. The Morgan fingerprint density at radius 2 is 2.21 bits per heavy atom. The third-order valence-electron chi connectivity index (χ3n) is 3.54. The number of anilines is 1. The van der Waals surface area contributed by atoms with Crippen LogP contribution in [-0.4, -0.2) is 40.6 Å². The van der Waals surface area contributed by atoms with Crippen molar-refractivity contribution in [2.45, 2.75) is 18.9 Å². The minimum absolute atomic E-state index is 0.210. The van der Waals surface area contributed by atoms with E-state index in [1.807, 2.05) is 31.3 Å². The van der Waals surface area contributed by atoms with Crippen molar-refractivity contribution in [3.63, 3.8) is 0 Å². The SMILES string of the molecule is CN1CC(Nc2nncc3ccccc23)CCC1=O. The van der Waals surface area contributed by atoms with E-state index in [0.29, 0.717) is 13.0 Å². The van der Waals surface area contributed by atoms with E-state index >= 15 is 0 Å². The largest absolute Gasteiger partial charge is 0.364 e. The highest BCUT2D eigenvalue weighted by atomic mass is 16.2. The molecule has 1 aromatic carbocycles. The number of hydrogen-bond acceptors (Lipinski definition) is 4. The van der Waals surface area contributed by atoms with E-state index in [4.69, 9.17) is 0 Å². The van der Waals surface area contributed by atoms with Crippen molar-refractivity contribution < 1.29 is 4.79 Å². The molecule has 1 unspecified atom stereocenters. The molecule has 1 atom stereocenters. The summed E-state index contributed by atoms with van der Waals surface area (Å²) >= 11 is 0. The Morgan fingerprint density at radius 1 is 1.37 bits per heavy atom. The lowest BCUT2D eigenvalue weighted by molar-refractivity contribution is -0.132. The van der Waals surface area contributed by atoms with E-state index in [1.54, 1.807) is 11.1 Å². The molecular formula is C14H16N4O. The van der Waals surface area contributed by atoms with Crippen molar-refractivity contribution in [1.82, 2.24) is 15.1 Å². The van der Waals surface area contributed by atoms with Gasteiger partial charge in [-0.1, -0.05) is 24.3 Å². The lowest BCUT2D eigenvalue weighted by Gasteiger charge is -2.30. The van der Waals surface area contributed by atoms with Gasteiger partial charge in [0.15, 0.2) is 5.82 Å². The molecule has 2 heterocycles. The summed E-state index contributed by atoms with van der Waals surface area (Å²) in [5.74, 6) is 1.01. The second-order valence-corrected chi connectivity index (χ2v) is 4.93. The summed E-state index contributed by atoms with van der Waals surface area (Å²) in [6.07, 6.45) is 3.19. The van der Waals surface area contributed by atoms with E-state index in [2.05, 4.69) is 15.5 Å². The van der Waals surface area contributed by atoms with Crippen LogP contribution in [0, 0.1) is 0 Å². The van der Waals surface area contributed by atoms with Gasteiger partial charge in [0.05, 0.1) is 6.20 Å². The van der Waals surface area contributed by atoms with Gasteiger partial charge in [-0.15, -0.1) is 5.10 Å². The number of rotatable bonds is 2.